The number of benzene rings is 1. The predicted octanol–water partition coefficient (Wildman–Crippen LogP) is 2.05. The molecule has 9 heteroatoms. The Kier molecular flexibility index (Phi) is 4.90. The van der Waals surface area contributed by atoms with E-state index < -0.39 is 35.6 Å². The highest BCUT2D eigenvalue weighted by molar-refractivity contribution is 5.88. The zero-order chi connectivity index (χ0) is 18.9. The fourth-order valence-electron chi connectivity index (χ4n) is 3.24. The van der Waals surface area contributed by atoms with E-state index in [1.807, 2.05) is 0 Å². The van der Waals surface area contributed by atoms with Crippen molar-refractivity contribution in [3.8, 4) is 0 Å². The topological polar surface area (TPSA) is 70.7 Å². The van der Waals surface area contributed by atoms with Crippen LogP contribution >= 0.6 is 0 Å². The van der Waals surface area contributed by atoms with Gasteiger partial charge in [-0.2, -0.15) is 13.2 Å². The van der Waals surface area contributed by atoms with Gasteiger partial charge in [-0.25, -0.2) is 4.79 Å². The number of carbonyl (C=O) groups excluding carboxylic acids is 2. The first kappa shape index (κ1) is 18.2. The van der Waals surface area contributed by atoms with Crippen LogP contribution in [0, 0.1) is 5.92 Å². The molecule has 0 aromatic heterocycles. The first-order valence-corrected chi connectivity index (χ1v) is 8.08. The van der Waals surface area contributed by atoms with Crippen molar-refractivity contribution in [1.29, 1.82) is 0 Å². The lowest BCUT2D eigenvalue weighted by Gasteiger charge is -2.38. The predicted molar refractivity (Wildman–Crippen MR) is 85.9 cm³/mol. The molecule has 0 spiro atoms. The number of nitrogens with one attached hydrogen (secondary N) is 2. The lowest BCUT2D eigenvalue weighted by molar-refractivity contribution is -0.142. The minimum Gasteiger partial charge on any atom is -0.378 e. The molecule has 0 aliphatic carbocycles. The molecule has 3 amide bonds. The van der Waals surface area contributed by atoms with Crippen molar-refractivity contribution >= 4 is 11.9 Å². The molecule has 2 atom stereocenters. The average Bonchev–Trinajstić information content (AvgIpc) is 2.60. The molecule has 2 aliphatic rings. The highest BCUT2D eigenvalue weighted by Gasteiger charge is 2.44. The van der Waals surface area contributed by atoms with E-state index in [0.29, 0.717) is 26.3 Å². The molecule has 2 fully saturated rings. The SMILES string of the molecule is C=C1NC(=O)N[C@@H](c2ccccc2C(F)(F)F)[C@H]1C(=O)N1CCOCC1. The first-order chi connectivity index (χ1) is 12.3. The lowest BCUT2D eigenvalue weighted by Crippen LogP contribution is -2.55. The van der Waals surface area contributed by atoms with E-state index in [9.17, 15) is 22.8 Å². The standard InChI is InChI=1S/C17H18F3N3O3/c1-10-13(15(24)23-6-8-26-9-7-23)14(22-16(25)21-10)11-4-2-3-5-12(11)17(18,19)20/h2-5,13-14H,1,6-9H2,(H2,21,22,25)/t13-,14-/m0/s1. The van der Waals surface area contributed by atoms with E-state index in [0.717, 1.165) is 6.07 Å². The third-order valence-corrected chi connectivity index (χ3v) is 4.46. The summed E-state index contributed by atoms with van der Waals surface area (Å²) >= 11 is 0. The molecule has 0 unspecified atom stereocenters. The summed E-state index contributed by atoms with van der Waals surface area (Å²) in [6.45, 7) is 5.08. The van der Waals surface area contributed by atoms with Gasteiger partial charge < -0.3 is 20.3 Å². The minimum atomic E-state index is -4.61. The second-order valence-electron chi connectivity index (χ2n) is 6.10. The van der Waals surface area contributed by atoms with Crippen LogP contribution in [0.15, 0.2) is 36.5 Å². The molecular weight excluding hydrogens is 351 g/mol. The van der Waals surface area contributed by atoms with Crippen molar-refractivity contribution in [2.24, 2.45) is 5.92 Å². The highest BCUT2D eigenvalue weighted by atomic mass is 19.4. The molecule has 0 bridgehead atoms. The Morgan fingerprint density at radius 1 is 1.23 bits per heavy atom. The van der Waals surface area contributed by atoms with Crippen molar-refractivity contribution < 1.29 is 27.5 Å². The van der Waals surface area contributed by atoms with E-state index in [2.05, 4.69) is 17.2 Å². The van der Waals surface area contributed by atoms with Crippen LogP contribution in [0.4, 0.5) is 18.0 Å². The summed E-state index contributed by atoms with van der Waals surface area (Å²) in [6, 6.07) is 3.06. The van der Waals surface area contributed by atoms with Gasteiger partial charge in [0, 0.05) is 18.8 Å². The van der Waals surface area contributed by atoms with Crippen molar-refractivity contribution in [2.75, 3.05) is 26.3 Å². The summed E-state index contributed by atoms with van der Waals surface area (Å²) in [4.78, 5) is 26.3. The van der Waals surface area contributed by atoms with Gasteiger partial charge in [-0.1, -0.05) is 24.8 Å². The molecule has 1 aromatic carbocycles. The molecule has 0 saturated carbocycles. The van der Waals surface area contributed by atoms with Crippen LogP contribution in [-0.4, -0.2) is 43.1 Å². The Hall–Kier alpha value is -2.55. The Balaban J connectivity index is 2.00. The molecular formula is C17H18F3N3O3. The number of hydrogen-bond donors (Lipinski definition) is 2. The normalized spacial score (nSPS) is 24.0. The fraction of sp³-hybridized carbons (Fsp3) is 0.412. The van der Waals surface area contributed by atoms with Gasteiger partial charge in [0.1, 0.15) is 5.92 Å². The van der Waals surface area contributed by atoms with Crippen LogP contribution in [-0.2, 0) is 15.7 Å². The number of rotatable bonds is 2. The zero-order valence-corrected chi connectivity index (χ0v) is 13.8. The summed E-state index contributed by atoms with van der Waals surface area (Å²) in [6.07, 6.45) is -4.61. The number of halogens is 3. The number of morpholine rings is 1. The van der Waals surface area contributed by atoms with Crippen LogP contribution < -0.4 is 10.6 Å². The van der Waals surface area contributed by atoms with Gasteiger partial charge in [-0.3, -0.25) is 4.79 Å². The van der Waals surface area contributed by atoms with Gasteiger partial charge in [-0.15, -0.1) is 0 Å². The van der Waals surface area contributed by atoms with Crippen molar-refractivity contribution in [2.45, 2.75) is 12.2 Å². The molecule has 2 saturated heterocycles. The van der Waals surface area contributed by atoms with Gasteiger partial charge in [0.15, 0.2) is 0 Å². The summed E-state index contributed by atoms with van der Waals surface area (Å²) in [7, 11) is 0. The number of nitrogens with zero attached hydrogens (tertiary/aromatic N) is 1. The van der Waals surface area contributed by atoms with Crippen LogP contribution in [0.25, 0.3) is 0 Å². The number of ether oxygens (including phenoxy) is 1. The molecule has 0 radical (unpaired) electrons. The lowest BCUT2D eigenvalue weighted by atomic mass is 9.85. The smallest absolute Gasteiger partial charge is 0.378 e. The van der Waals surface area contributed by atoms with Gasteiger partial charge in [0.2, 0.25) is 5.91 Å². The fourth-order valence-corrected chi connectivity index (χ4v) is 3.24. The summed E-state index contributed by atoms with van der Waals surface area (Å²) < 4.78 is 45.5. The third-order valence-electron chi connectivity index (χ3n) is 4.46. The van der Waals surface area contributed by atoms with Gasteiger partial charge >= 0.3 is 12.2 Å². The van der Waals surface area contributed by atoms with E-state index in [4.69, 9.17) is 4.74 Å². The molecule has 2 heterocycles. The monoisotopic (exact) mass is 369 g/mol. The molecule has 1 aromatic rings. The molecule has 2 aliphatic heterocycles. The minimum absolute atomic E-state index is 0.0761. The molecule has 3 rings (SSSR count). The van der Waals surface area contributed by atoms with Gasteiger partial charge in [-0.05, 0) is 11.6 Å². The quantitative estimate of drug-likeness (QED) is 0.838. The second-order valence-corrected chi connectivity index (χ2v) is 6.10. The molecule has 6 nitrogen and oxygen atoms in total. The Labute approximate surface area is 148 Å². The molecule has 140 valence electrons. The summed E-state index contributed by atoms with van der Waals surface area (Å²) in [5, 5.41) is 4.86. The second kappa shape index (κ2) is 6.99. The third kappa shape index (κ3) is 3.52. The zero-order valence-electron chi connectivity index (χ0n) is 13.8. The highest BCUT2D eigenvalue weighted by Crippen LogP contribution is 2.39. The molecule has 26 heavy (non-hydrogen) atoms. The maximum atomic E-state index is 13.4. The largest absolute Gasteiger partial charge is 0.416 e. The summed E-state index contributed by atoms with van der Waals surface area (Å²) in [5.74, 6) is -1.44. The number of amides is 3. The maximum Gasteiger partial charge on any atom is 0.416 e. The maximum absolute atomic E-state index is 13.4. The average molecular weight is 369 g/mol. The number of carbonyl (C=O) groups is 2. The van der Waals surface area contributed by atoms with Crippen LogP contribution in [0.1, 0.15) is 17.2 Å². The first-order valence-electron chi connectivity index (χ1n) is 8.08. The van der Waals surface area contributed by atoms with E-state index >= 15 is 0 Å². The molecule has 2 N–H and O–H groups in total. The Bertz CT molecular complexity index is 729. The van der Waals surface area contributed by atoms with E-state index in [1.165, 1.54) is 23.1 Å². The van der Waals surface area contributed by atoms with Crippen LogP contribution in [0.3, 0.4) is 0 Å². The van der Waals surface area contributed by atoms with E-state index in [1.54, 1.807) is 0 Å². The van der Waals surface area contributed by atoms with E-state index in [-0.39, 0.29) is 11.3 Å². The number of urea groups is 1. The van der Waals surface area contributed by atoms with Crippen molar-refractivity contribution in [3.05, 3.63) is 47.7 Å². The van der Waals surface area contributed by atoms with Crippen LogP contribution in [0.2, 0.25) is 0 Å². The van der Waals surface area contributed by atoms with Gasteiger partial charge in [0.25, 0.3) is 0 Å². The number of hydrogen-bond acceptors (Lipinski definition) is 3. The van der Waals surface area contributed by atoms with Crippen molar-refractivity contribution in [1.82, 2.24) is 15.5 Å². The Morgan fingerprint density at radius 3 is 2.54 bits per heavy atom. The Morgan fingerprint density at radius 2 is 1.88 bits per heavy atom. The van der Waals surface area contributed by atoms with Crippen molar-refractivity contribution in [3.63, 3.8) is 0 Å². The van der Waals surface area contributed by atoms with Crippen LogP contribution in [0.5, 0.6) is 0 Å². The summed E-state index contributed by atoms with van der Waals surface area (Å²) in [5.41, 5.74) is -0.977. The number of alkyl halides is 3. The van der Waals surface area contributed by atoms with Gasteiger partial charge in [0.05, 0.1) is 24.8 Å².